The first kappa shape index (κ1) is 15.3. The average Bonchev–Trinajstić information content (AvgIpc) is 2.54. The molecule has 0 saturated heterocycles. The van der Waals surface area contributed by atoms with E-state index < -0.39 is 0 Å². The molecule has 2 heteroatoms. The SMILES string of the molecule is CC[C@H](CC#N)N(Cc1ccccc1)Cc1ccccc1. The average molecular weight is 278 g/mol. The van der Waals surface area contributed by atoms with E-state index in [1.165, 1.54) is 11.1 Å². The third-order valence-corrected chi connectivity index (χ3v) is 3.77. The van der Waals surface area contributed by atoms with Gasteiger partial charge in [-0.25, -0.2) is 0 Å². The second-order valence-corrected chi connectivity index (χ2v) is 5.30. The summed E-state index contributed by atoms with van der Waals surface area (Å²) >= 11 is 0. The predicted molar refractivity (Wildman–Crippen MR) is 86.4 cm³/mol. The lowest BCUT2D eigenvalue weighted by atomic mass is 10.1. The van der Waals surface area contributed by atoms with Gasteiger partial charge >= 0.3 is 0 Å². The number of nitrogens with zero attached hydrogens (tertiary/aromatic N) is 2. The van der Waals surface area contributed by atoms with Crippen LogP contribution in [0.25, 0.3) is 0 Å². The van der Waals surface area contributed by atoms with Crippen molar-refractivity contribution in [1.82, 2.24) is 4.90 Å². The summed E-state index contributed by atoms with van der Waals surface area (Å²) in [4.78, 5) is 2.41. The van der Waals surface area contributed by atoms with Crippen molar-refractivity contribution < 1.29 is 0 Å². The third-order valence-electron chi connectivity index (χ3n) is 3.77. The minimum Gasteiger partial charge on any atom is -0.291 e. The molecule has 108 valence electrons. The van der Waals surface area contributed by atoms with E-state index in [0.717, 1.165) is 19.5 Å². The molecule has 21 heavy (non-hydrogen) atoms. The van der Waals surface area contributed by atoms with Crippen LogP contribution >= 0.6 is 0 Å². The molecule has 0 bridgehead atoms. The first-order valence-electron chi connectivity index (χ1n) is 7.52. The lowest BCUT2D eigenvalue weighted by Crippen LogP contribution is -2.33. The molecule has 0 N–H and O–H groups in total. The van der Waals surface area contributed by atoms with E-state index in [1.54, 1.807) is 0 Å². The molecular weight excluding hydrogens is 256 g/mol. The Hall–Kier alpha value is -2.11. The van der Waals surface area contributed by atoms with Crippen molar-refractivity contribution in [2.75, 3.05) is 0 Å². The molecule has 1 atom stereocenters. The molecule has 0 saturated carbocycles. The Morgan fingerprint density at radius 3 is 1.76 bits per heavy atom. The largest absolute Gasteiger partial charge is 0.291 e. The van der Waals surface area contributed by atoms with Gasteiger partial charge in [-0.2, -0.15) is 5.26 Å². The molecule has 0 aliphatic rings. The summed E-state index contributed by atoms with van der Waals surface area (Å²) in [6.07, 6.45) is 1.57. The normalized spacial score (nSPS) is 12.0. The van der Waals surface area contributed by atoms with Crippen molar-refractivity contribution in [1.29, 1.82) is 5.26 Å². The quantitative estimate of drug-likeness (QED) is 0.751. The molecular formula is C19H22N2. The molecule has 0 fully saturated rings. The van der Waals surface area contributed by atoms with Crippen LogP contribution < -0.4 is 0 Å². The Balaban J connectivity index is 2.15. The molecule has 0 aromatic heterocycles. The van der Waals surface area contributed by atoms with E-state index in [0.29, 0.717) is 12.5 Å². The van der Waals surface area contributed by atoms with E-state index in [1.807, 2.05) is 12.1 Å². The first-order chi connectivity index (χ1) is 10.3. The van der Waals surface area contributed by atoms with Gasteiger partial charge in [0.15, 0.2) is 0 Å². The van der Waals surface area contributed by atoms with E-state index in [2.05, 4.69) is 66.4 Å². The fraction of sp³-hybridized carbons (Fsp3) is 0.316. The Bertz CT molecular complexity index is 516. The first-order valence-corrected chi connectivity index (χ1v) is 7.52. The summed E-state index contributed by atoms with van der Waals surface area (Å²) in [6, 6.07) is 23.6. The zero-order chi connectivity index (χ0) is 14.9. The van der Waals surface area contributed by atoms with Gasteiger partial charge in [-0.3, -0.25) is 4.90 Å². The molecule has 0 unspecified atom stereocenters. The van der Waals surface area contributed by atoms with Crippen molar-refractivity contribution >= 4 is 0 Å². The fourth-order valence-electron chi connectivity index (χ4n) is 2.59. The maximum absolute atomic E-state index is 9.07. The summed E-state index contributed by atoms with van der Waals surface area (Å²) in [7, 11) is 0. The highest BCUT2D eigenvalue weighted by molar-refractivity contribution is 5.17. The molecule has 0 amide bonds. The minimum atomic E-state index is 0.301. The molecule has 2 nitrogen and oxygen atoms in total. The van der Waals surface area contributed by atoms with Crippen molar-refractivity contribution in [2.24, 2.45) is 0 Å². The number of hydrogen-bond donors (Lipinski definition) is 0. The van der Waals surface area contributed by atoms with Crippen molar-refractivity contribution in [3.63, 3.8) is 0 Å². The van der Waals surface area contributed by atoms with Crippen LogP contribution in [0.15, 0.2) is 60.7 Å². The maximum Gasteiger partial charge on any atom is 0.0638 e. The Kier molecular flexibility index (Phi) is 5.99. The molecule has 0 aliphatic carbocycles. The highest BCUT2D eigenvalue weighted by Gasteiger charge is 2.17. The summed E-state index contributed by atoms with van der Waals surface area (Å²) in [5.41, 5.74) is 2.59. The summed E-state index contributed by atoms with van der Waals surface area (Å²) in [5.74, 6) is 0. The number of nitriles is 1. The molecule has 0 heterocycles. The van der Waals surface area contributed by atoms with Crippen LogP contribution in [0, 0.1) is 11.3 Å². The van der Waals surface area contributed by atoms with Crippen LogP contribution in [-0.2, 0) is 13.1 Å². The van der Waals surface area contributed by atoms with E-state index >= 15 is 0 Å². The Morgan fingerprint density at radius 1 is 0.905 bits per heavy atom. The van der Waals surface area contributed by atoms with Crippen molar-refractivity contribution in [3.8, 4) is 6.07 Å². The number of benzene rings is 2. The third kappa shape index (κ3) is 4.73. The Morgan fingerprint density at radius 2 is 1.38 bits per heavy atom. The zero-order valence-electron chi connectivity index (χ0n) is 12.6. The minimum absolute atomic E-state index is 0.301. The molecule has 2 aromatic rings. The number of hydrogen-bond acceptors (Lipinski definition) is 2. The van der Waals surface area contributed by atoms with Gasteiger partial charge in [0.1, 0.15) is 0 Å². The summed E-state index contributed by atoms with van der Waals surface area (Å²) in [6.45, 7) is 3.93. The van der Waals surface area contributed by atoms with E-state index in [9.17, 15) is 0 Å². The van der Waals surface area contributed by atoms with Crippen LogP contribution in [0.3, 0.4) is 0 Å². The number of rotatable bonds is 7. The van der Waals surface area contributed by atoms with E-state index in [-0.39, 0.29) is 0 Å². The smallest absolute Gasteiger partial charge is 0.0638 e. The molecule has 2 aromatic carbocycles. The van der Waals surface area contributed by atoms with Gasteiger partial charge in [0.2, 0.25) is 0 Å². The second-order valence-electron chi connectivity index (χ2n) is 5.30. The van der Waals surface area contributed by atoms with Gasteiger partial charge in [0.05, 0.1) is 12.5 Å². The summed E-state index contributed by atoms with van der Waals surface area (Å²) in [5, 5.41) is 9.07. The predicted octanol–water partition coefficient (Wildman–Crippen LogP) is 4.38. The van der Waals surface area contributed by atoms with Gasteiger partial charge < -0.3 is 0 Å². The van der Waals surface area contributed by atoms with Crippen LogP contribution in [0.5, 0.6) is 0 Å². The molecule has 0 spiro atoms. The standard InChI is InChI=1S/C19H22N2/c1-2-19(13-14-20)21(15-17-9-5-3-6-10-17)16-18-11-7-4-8-12-18/h3-12,19H,2,13,15-16H2,1H3/t19-/m1/s1. The highest BCUT2D eigenvalue weighted by atomic mass is 15.1. The van der Waals surface area contributed by atoms with E-state index in [4.69, 9.17) is 5.26 Å². The van der Waals surface area contributed by atoms with Crippen molar-refractivity contribution in [2.45, 2.75) is 38.9 Å². The van der Waals surface area contributed by atoms with Gasteiger partial charge in [-0.05, 0) is 17.5 Å². The fourth-order valence-corrected chi connectivity index (χ4v) is 2.59. The zero-order valence-corrected chi connectivity index (χ0v) is 12.6. The monoisotopic (exact) mass is 278 g/mol. The molecule has 0 radical (unpaired) electrons. The van der Waals surface area contributed by atoms with Crippen LogP contribution in [0.1, 0.15) is 30.9 Å². The van der Waals surface area contributed by atoms with Crippen LogP contribution in [-0.4, -0.2) is 10.9 Å². The second kappa shape index (κ2) is 8.24. The topological polar surface area (TPSA) is 27.0 Å². The van der Waals surface area contributed by atoms with Crippen molar-refractivity contribution in [3.05, 3.63) is 71.8 Å². The van der Waals surface area contributed by atoms with Crippen LogP contribution in [0.2, 0.25) is 0 Å². The van der Waals surface area contributed by atoms with Crippen LogP contribution in [0.4, 0.5) is 0 Å². The maximum atomic E-state index is 9.07. The highest BCUT2D eigenvalue weighted by Crippen LogP contribution is 2.17. The molecule has 0 aliphatic heterocycles. The summed E-state index contributed by atoms with van der Waals surface area (Å²) < 4.78 is 0. The van der Waals surface area contributed by atoms with Gasteiger partial charge in [-0.15, -0.1) is 0 Å². The lowest BCUT2D eigenvalue weighted by molar-refractivity contribution is 0.175. The molecule has 2 rings (SSSR count). The van der Waals surface area contributed by atoms with Gasteiger partial charge in [0.25, 0.3) is 0 Å². The Labute approximate surface area is 127 Å². The van der Waals surface area contributed by atoms with Gasteiger partial charge in [-0.1, -0.05) is 67.6 Å². The lowest BCUT2D eigenvalue weighted by Gasteiger charge is -2.30. The van der Waals surface area contributed by atoms with Gasteiger partial charge in [0, 0.05) is 19.1 Å².